The summed E-state index contributed by atoms with van der Waals surface area (Å²) in [6.07, 6.45) is -8.63. The maximum Gasteiger partial charge on any atom is 0.331 e. The molecule has 8 N–H and O–H groups in total. The highest BCUT2D eigenvalue weighted by molar-refractivity contribution is 5.85. The molecule has 0 amide bonds. The van der Waals surface area contributed by atoms with Crippen LogP contribution in [0.25, 0.3) is 0 Å². The molecule has 4 aliphatic carbocycles. The second-order valence-electron chi connectivity index (χ2n) is 16.2. The largest absolute Gasteiger partial charge is 0.458 e. The third kappa shape index (κ3) is 5.37. The highest BCUT2D eigenvalue weighted by Gasteiger charge is 2.71. The van der Waals surface area contributed by atoms with Crippen LogP contribution in [0.1, 0.15) is 71.6 Å². The summed E-state index contributed by atoms with van der Waals surface area (Å²) in [6, 6.07) is 0. The van der Waals surface area contributed by atoms with Gasteiger partial charge in [-0.3, -0.25) is 0 Å². The van der Waals surface area contributed by atoms with Crippen LogP contribution in [0.4, 0.5) is 0 Å². The Hall–Kier alpha value is -1.60. The molecule has 3 aliphatic heterocycles. The number of cyclic esters (lactones) is 1. The van der Waals surface area contributed by atoms with E-state index >= 15 is 0 Å². The number of carbonyl (C=O) groups excluding carboxylic acids is 2. The first-order valence-corrected chi connectivity index (χ1v) is 18.0. The van der Waals surface area contributed by atoms with E-state index in [1.165, 1.54) is 0 Å². The number of aldehydes is 1. The van der Waals surface area contributed by atoms with Gasteiger partial charge in [-0.1, -0.05) is 6.92 Å². The topological polar surface area (TPSA) is 242 Å². The molecule has 0 aromatic carbocycles. The van der Waals surface area contributed by atoms with Gasteiger partial charge >= 0.3 is 5.97 Å². The lowest BCUT2D eigenvalue weighted by atomic mass is 9.41. The third-order valence-electron chi connectivity index (χ3n) is 14.1. The average molecular weight is 713 g/mol. The fraction of sp³-hybridized carbons (Fsp3) is 0.886. The molecule has 6 fully saturated rings. The van der Waals surface area contributed by atoms with E-state index in [1.54, 1.807) is 13.0 Å². The molecule has 0 spiro atoms. The molecule has 3 heterocycles. The average Bonchev–Trinajstić information content (AvgIpc) is 3.64. The van der Waals surface area contributed by atoms with Crippen molar-refractivity contribution in [1.29, 1.82) is 0 Å². The minimum Gasteiger partial charge on any atom is -0.458 e. The molecule has 0 aromatic rings. The highest BCUT2D eigenvalue weighted by atomic mass is 16.7. The van der Waals surface area contributed by atoms with Crippen molar-refractivity contribution in [3.05, 3.63) is 11.6 Å². The van der Waals surface area contributed by atoms with Crippen molar-refractivity contribution in [1.82, 2.24) is 0 Å². The first kappa shape index (κ1) is 36.7. The second kappa shape index (κ2) is 13.1. The van der Waals surface area contributed by atoms with Gasteiger partial charge in [0.25, 0.3) is 0 Å². The number of esters is 1. The Labute approximate surface area is 290 Å². The van der Waals surface area contributed by atoms with Crippen LogP contribution in [0.2, 0.25) is 0 Å². The van der Waals surface area contributed by atoms with Gasteiger partial charge in [0.05, 0.1) is 35.4 Å². The molecular weight excluding hydrogens is 660 g/mol. The molecule has 0 aromatic heterocycles. The molecule has 2 saturated heterocycles. The first-order chi connectivity index (χ1) is 23.6. The molecule has 50 heavy (non-hydrogen) atoms. The van der Waals surface area contributed by atoms with Crippen molar-refractivity contribution >= 4 is 12.3 Å². The van der Waals surface area contributed by atoms with Crippen LogP contribution in [0.5, 0.6) is 0 Å². The normalized spacial score (nSPS) is 55.0. The van der Waals surface area contributed by atoms with Crippen LogP contribution in [0.3, 0.4) is 0 Å². The molecule has 15 heteroatoms. The maximum atomic E-state index is 13.2. The summed E-state index contributed by atoms with van der Waals surface area (Å²) in [5.41, 5.74) is -3.20. The Morgan fingerprint density at radius 3 is 2.24 bits per heavy atom. The fourth-order valence-electron chi connectivity index (χ4n) is 11.3. The monoisotopic (exact) mass is 712 g/mol. The van der Waals surface area contributed by atoms with Crippen molar-refractivity contribution in [2.45, 2.75) is 150 Å². The molecule has 7 aliphatic rings. The number of ether oxygens (including phenoxy) is 5. The summed E-state index contributed by atoms with van der Waals surface area (Å²) < 4.78 is 28.4. The van der Waals surface area contributed by atoms with Crippen molar-refractivity contribution in [2.75, 3.05) is 13.2 Å². The van der Waals surface area contributed by atoms with Gasteiger partial charge in [0, 0.05) is 17.9 Å². The lowest BCUT2D eigenvalue weighted by molar-refractivity contribution is -0.361. The predicted octanol–water partition coefficient (Wildman–Crippen LogP) is -1.43. The molecule has 282 valence electrons. The number of rotatable bonds is 7. The first-order valence-electron chi connectivity index (χ1n) is 18.0. The van der Waals surface area contributed by atoms with Gasteiger partial charge in [0.2, 0.25) is 0 Å². The summed E-state index contributed by atoms with van der Waals surface area (Å²) in [6.45, 7) is 3.22. The van der Waals surface area contributed by atoms with Crippen LogP contribution >= 0.6 is 0 Å². The fourth-order valence-corrected chi connectivity index (χ4v) is 11.3. The number of hydrogen-bond donors (Lipinski definition) is 8. The van der Waals surface area contributed by atoms with Crippen LogP contribution in [0, 0.1) is 28.6 Å². The van der Waals surface area contributed by atoms with E-state index in [2.05, 4.69) is 6.92 Å². The predicted molar refractivity (Wildman–Crippen MR) is 167 cm³/mol. The lowest BCUT2D eigenvalue weighted by Gasteiger charge is -2.65. The third-order valence-corrected chi connectivity index (χ3v) is 14.1. The quantitative estimate of drug-likeness (QED) is 0.0858. The highest BCUT2D eigenvalue weighted by Crippen LogP contribution is 2.70. The van der Waals surface area contributed by atoms with Gasteiger partial charge in [-0.25, -0.2) is 4.79 Å². The zero-order valence-electron chi connectivity index (χ0n) is 28.5. The van der Waals surface area contributed by atoms with Crippen molar-refractivity contribution in [2.24, 2.45) is 28.6 Å². The van der Waals surface area contributed by atoms with Crippen LogP contribution in [0.15, 0.2) is 11.6 Å². The smallest absolute Gasteiger partial charge is 0.331 e. The zero-order chi connectivity index (χ0) is 36.0. The number of hydrogen-bond acceptors (Lipinski definition) is 15. The van der Waals surface area contributed by atoms with Gasteiger partial charge in [-0.15, -0.1) is 0 Å². The molecule has 0 radical (unpaired) electrons. The van der Waals surface area contributed by atoms with Gasteiger partial charge in [0.1, 0.15) is 55.6 Å². The summed E-state index contributed by atoms with van der Waals surface area (Å²) >= 11 is 0. The number of fused-ring (bicyclic) bond motifs is 5. The molecule has 18 atom stereocenters. The molecule has 7 rings (SSSR count). The Morgan fingerprint density at radius 1 is 0.860 bits per heavy atom. The van der Waals surface area contributed by atoms with Crippen LogP contribution in [-0.4, -0.2) is 145 Å². The Bertz CT molecular complexity index is 1340. The summed E-state index contributed by atoms with van der Waals surface area (Å²) in [7, 11) is 0. The summed E-state index contributed by atoms with van der Waals surface area (Å²) in [5.74, 6) is -0.830. The van der Waals surface area contributed by atoms with E-state index in [-0.39, 0.29) is 43.2 Å². The molecule has 4 saturated carbocycles. The number of carbonyl (C=O) groups is 2. The van der Waals surface area contributed by atoms with E-state index in [9.17, 15) is 50.4 Å². The Morgan fingerprint density at radius 2 is 1.56 bits per heavy atom. The zero-order valence-corrected chi connectivity index (χ0v) is 28.5. The van der Waals surface area contributed by atoms with Gasteiger partial charge in [0.15, 0.2) is 12.6 Å². The van der Waals surface area contributed by atoms with E-state index in [0.717, 1.165) is 18.3 Å². The lowest BCUT2D eigenvalue weighted by Crippen LogP contribution is -2.69. The van der Waals surface area contributed by atoms with Crippen molar-refractivity contribution in [3.63, 3.8) is 0 Å². The Kier molecular flexibility index (Phi) is 9.60. The summed E-state index contributed by atoms with van der Waals surface area (Å²) in [5, 5.41) is 87.0. The minimum absolute atomic E-state index is 0.00102. The van der Waals surface area contributed by atoms with E-state index in [0.29, 0.717) is 38.5 Å². The molecule has 0 bridgehead atoms. The second-order valence-corrected chi connectivity index (χ2v) is 16.2. The summed E-state index contributed by atoms with van der Waals surface area (Å²) in [4.78, 5) is 25.1. The molecular formula is C35H52O15. The van der Waals surface area contributed by atoms with Gasteiger partial charge < -0.3 is 69.3 Å². The Balaban J connectivity index is 1.02. The van der Waals surface area contributed by atoms with Crippen LogP contribution < -0.4 is 0 Å². The van der Waals surface area contributed by atoms with E-state index < -0.39 is 96.2 Å². The maximum absolute atomic E-state index is 13.2. The van der Waals surface area contributed by atoms with Crippen LogP contribution in [-0.2, 0) is 33.3 Å². The minimum atomic E-state index is -1.71. The van der Waals surface area contributed by atoms with E-state index in [1.807, 2.05) is 0 Å². The van der Waals surface area contributed by atoms with Crippen molar-refractivity contribution in [3.8, 4) is 0 Å². The van der Waals surface area contributed by atoms with Gasteiger partial charge in [-0.2, -0.15) is 0 Å². The van der Waals surface area contributed by atoms with Gasteiger partial charge in [-0.05, 0) is 81.6 Å². The standard InChI is InChI=1S/C35H52O15/c1-16-29(50-31-27(42)25(40)24(39)22(13-36)49-31)26(41)28(43)30(47-16)48-18-3-8-33(15-37)20-4-7-32(2)19(17-11-23(38)46-14-17)6-10-35(32,45)21(20)5-9-34(33,44)12-18/h11,15-16,18-22,24-31,36,39-45H,3-10,12-14H2,1-2H3/t16-,18+,19?,20?,21?,22-,24-,25+,26+,27-,28-,29-,30+,31+,32-,33+,34+,35+/m1/s1. The SMILES string of the molecule is C[C@H]1O[C@@H](O[C@H]2CC[C@]3(C=O)C4CC[C@]5(C)C(C6=CC(=O)OC6)CC[C@]5(O)C4CC[C@]3(O)C2)[C@H](O)[C@H](O)[C@@H]1O[C@@H]1O[C@H](CO)[C@@H](O)[C@H](O)[C@H]1O. The molecule has 15 nitrogen and oxygen atoms in total. The molecule has 3 unspecified atom stereocenters. The van der Waals surface area contributed by atoms with Crippen molar-refractivity contribution < 1.29 is 74.1 Å². The number of aliphatic hydroxyl groups excluding tert-OH is 6. The number of aliphatic hydroxyl groups is 8. The van der Waals surface area contributed by atoms with E-state index in [4.69, 9.17) is 23.7 Å².